The minimum absolute atomic E-state index is 0.508. The Hall–Kier alpha value is -0.830. The van der Waals surface area contributed by atoms with Crippen LogP contribution >= 0.6 is 10.7 Å². The summed E-state index contributed by atoms with van der Waals surface area (Å²) in [5.74, 6) is -0.508. The maximum atomic E-state index is 10.9. The highest BCUT2D eigenvalue weighted by Gasteiger charge is 2.24. The first-order valence-corrected chi connectivity index (χ1v) is 7.12. The van der Waals surface area contributed by atoms with Gasteiger partial charge in [0.25, 0.3) is 19.2 Å². The third-order valence-electron chi connectivity index (χ3n) is 1.47. The van der Waals surface area contributed by atoms with Crippen molar-refractivity contribution in [2.45, 2.75) is 9.79 Å². The van der Waals surface area contributed by atoms with Gasteiger partial charge < -0.3 is 5.11 Å². The SMILES string of the molecule is O=S(=O)(O)c1cc(O)ccc1S(=O)(=O)Cl. The van der Waals surface area contributed by atoms with Crippen LogP contribution in [0.15, 0.2) is 28.0 Å². The average Bonchev–Trinajstić information content (AvgIpc) is 2.00. The normalized spacial score (nSPS) is 12.7. The van der Waals surface area contributed by atoms with Crippen molar-refractivity contribution < 1.29 is 26.5 Å². The van der Waals surface area contributed by atoms with Crippen molar-refractivity contribution in [1.82, 2.24) is 0 Å². The lowest BCUT2D eigenvalue weighted by Crippen LogP contribution is -2.05. The molecule has 6 nitrogen and oxygen atoms in total. The second-order valence-corrected chi connectivity index (χ2v) is 6.47. The van der Waals surface area contributed by atoms with Crippen molar-refractivity contribution in [3.63, 3.8) is 0 Å². The third-order valence-corrected chi connectivity index (χ3v) is 3.87. The number of rotatable bonds is 2. The van der Waals surface area contributed by atoms with Gasteiger partial charge in [0.15, 0.2) is 0 Å². The molecule has 9 heteroatoms. The van der Waals surface area contributed by atoms with Crippen LogP contribution in [-0.2, 0) is 19.2 Å². The van der Waals surface area contributed by atoms with Gasteiger partial charge >= 0.3 is 0 Å². The van der Waals surface area contributed by atoms with Gasteiger partial charge in [-0.2, -0.15) is 8.42 Å². The summed E-state index contributed by atoms with van der Waals surface area (Å²) in [4.78, 5) is -1.75. The van der Waals surface area contributed by atoms with E-state index in [0.29, 0.717) is 6.07 Å². The Morgan fingerprint density at radius 1 is 1.07 bits per heavy atom. The first kappa shape index (κ1) is 12.2. The van der Waals surface area contributed by atoms with Gasteiger partial charge in [0, 0.05) is 16.7 Å². The Labute approximate surface area is 90.3 Å². The van der Waals surface area contributed by atoms with Crippen LogP contribution in [0.3, 0.4) is 0 Å². The Kier molecular flexibility index (Phi) is 2.97. The molecule has 84 valence electrons. The highest BCUT2D eigenvalue weighted by atomic mass is 35.7. The molecule has 0 atom stereocenters. The zero-order valence-electron chi connectivity index (χ0n) is 6.95. The lowest BCUT2D eigenvalue weighted by molar-refractivity contribution is 0.463. The molecule has 0 aliphatic carbocycles. The van der Waals surface area contributed by atoms with Crippen molar-refractivity contribution >= 4 is 29.9 Å². The molecule has 2 N–H and O–H groups in total. The molecule has 0 spiro atoms. The fourth-order valence-electron chi connectivity index (χ4n) is 0.900. The van der Waals surface area contributed by atoms with Crippen LogP contribution in [0.2, 0.25) is 0 Å². The number of hydrogen-bond donors (Lipinski definition) is 2. The molecule has 1 aromatic rings. The summed E-state index contributed by atoms with van der Waals surface area (Å²) in [6.07, 6.45) is 0. The Balaban J connectivity index is 3.71. The zero-order chi connectivity index (χ0) is 11.9. The predicted octanol–water partition coefficient (Wildman–Crippen LogP) is 0.566. The minimum atomic E-state index is -4.76. The molecule has 0 amide bonds. The van der Waals surface area contributed by atoms with Crippen LogP contribution in [0.5, 0.6) is 5.75 Å². The fraction of sp³-hybridized carbons (Fsp3) is 0. The van der Waals surface area contributed by atoms with Gasteiger partial charge in [0.05, 0.1) is 0 Å². The highest BCUT2D eigenvalue weighted by molar-refractivity contribution is 8.14. The zero-order valence-corrected chi connectivity index (χ0v) is 9.34. The molecule has 0 bridgehead atoms. The van der Waals surface area contributed by atoms with Gasteiger partial charge in [-0.3, -0.25) is 4.55 Å². The Morgan fingerprint density at radius 3 is 2.00 bits per heavy atom. The summed E-state index contributed by atoms with van der Waals surface area (Å²) < 4.78 is 52.1. The van der Waals surface area contributed by atoms with E-state index in [0.717, 1.165) is 12.1 Å². The van der Waals surface area contributed by atoms with Crippen LogP contribution in [0.4, 0.5) is 0 Å². The minimum Gasteiger partial charge on any atom is -0.508 e. The number of phenolic OH excluding ortho intramolecular Hbond substituents is 1. The van der Waals surface area contributed by atoms with Crippen LogP contribution in [0.1, 0.15) is 0 Å². The molecule has 0 fully saturated rings. The molecule has 0 saturated carbocycles. The molecule has 0 unspecified atom stereocenters. The van der Waals surface area contributed by atoms with Gasteiger partial charge in [-0.15, -0.1) is 0 Å². The fourth-order valence-corrected chi connectivity index (χ4v) is 3.21. The van der Waals surface area contributed by atoms with Crippen molar-refractivity contribution in [2.24, 2.45) is 0 Å². The smallest absolute Gasteiger partial charge is 0.296 e. The Bertz CT molecular complexity index is 588. The molecule has 0 aliphatic heterocycles. The largest absolute Gasteiger partial charge is 0.508 e. The predicted molar refractivity (Wildman–Crippen MR) is 51.0 cm³/mol. The number of aromatic hydroxyl groups is 1. The van der Waals surface area contributed by atoms with Gasteiger partial charge in [0.2, 0.25) is 0 Å². The van der Waals surface area contributed by atoms with Crippen LogP contribution in [-0.4, -0.2) is 26.5 Å². The Morgan fingerprint density at radius 2 is 1.60 bits per heavy atom. The molecule has 1 aromatic carbocycles. The van der Waals surface area contributed by atoms with Gasteiger partial charge in [0.1, 0.15) is 15.5 Å². The average molecular weight is 273 g/mol. The van der Waals surface area contributed by atoms with E-state index >= 15 is 0 Å². The maximum absolute atomic E-state index is 10.9. The van der Waals surface area contributed by atoms with Crippen LogP contribution in [0, 0.1) is 0 Å². The molecule has 0 radical (unpaired) electrons. The molecule has 0 saturated heterocycles. The summed E-state index contributed by atoms with van der Waals surface area (Å²) in [5.41, 5.74) is 0. The summed E-state index contributed by atoms with van der Waals surface area (Å²) in [7, 11) is -4.14. The topological polar surface area (TPSA) is 109 Å². The first-order valence-electron chi connectivity index (χ1n) is 3.37. The lowest BCUT2D eigenvalue weighted by Gasteiger charge is -2.03. The van der Waals surface area contributed by atoms with E-state index in [1.54, 1.807) is 0 Å². The summed E-state index contributed by atoms with van der Waals surface area (Å²) >= 11 is 0. The molecule has 1 rings (SSSR count). The monoisotopic (exact) mass is 272 g/mol. The van der Waals surface area contributed by atoms with Crippen molar-refractivity contribution in [3.05, 3.63) is 18.2 Å². The number of hydrogen-bond acceptors (Lipinski definition) is 5. The van der Waals surface area contributed by atoms with E-state index in [1.165, 1.54) is 0 Å². The molecular formula is C6H5ClO6S2. The van der Waals surface area contributed by atoms with Gasteiger partial charge in [-0.05, 0) is 12.1 Å². The molecule has 0 aliphatic rings. The summed E-state index contributed by atoms with van der Waals surface area (Å²) in [6.45, 7) is 0. The van der Waals surface area contributed by atoms with Gasteiger partial charge in [-0.1, -0.05) is 0 Å². The highest BCUT2D eigenvalue weighted by Crippen LogP contribution is 2.27. The third kappa shape index (κ3) is 2.81. The van der Waals surface area contributed by atoms with Crippen LogP contribution < -0.4 is 0 Å². The van der Waals surface area contributed by atoms with Crippen LogP contribution in [0.25, 0.3) is 0 Å². The van der Waals surface area contributed by atoms with E-state index in [2.05, 4.69) is 0 Å². The second kappa shape index (κ2) is 3.63. The van der Waals surface area contributed by atoms with E-state index in [4.69, 9.17) is 20.3 Å². The van der Waals surface area contributed by atoms with Gasteiger partial charge in [-0.25, -0.2) is 8.42 Å². The summed E-state index contributed by atoms with van der Waals surface area (Å²) in [5, 5.41) is 8.95. The van der Waals surface area contributed by atoms with Crippen molar-refractivity contribution in [3.8, 4) is 5.75 Å². The standard InChI is InChI=1S/C6H5ClO6S2/c7-14(9,10)5-2-1-4(8)3-6(5)15(11,12)13/h1-3,8H,(H,11,12,13). The number of phenols is 1. The van der Waals surface area contributed by atoms with E-state index < -0.39 is 34.7 Å². The van der Waals surface area contributed by atoms with Crippen molar-refractivity contribution in [2.75, 3.05) is 0 Å². The van der Waals surface area contributed by atoms with E-state index in [9.17, 15) is 16.8 Å². The summed E-state index contributed by atoms with van der Waals surface area (Å²) in [6, 6.07) is 2.30. The second-order valence-electron chi connectivity index (χ2n) is 2.54. The van der Waals surface area contributed by atoms with Crippen molar-refractivity contribution in [1.29, 1.82) is 0 Å². The first-order chi connectivity index (χ1) is 6.62. The maximum Gasteiger partial charge on any atom is 0.296 e. The molecule has 15 heavy (non-hydrogen) atoms. The van der Waals surface area contributed by atoms with E-state index in [1.807, 2.05) is 0 Å². The lowest BCUT2D eigenvalue weighted by atomic mass is 10.3. The quantitative estimate of drug-likeness (QED) is 0.602. The number of halogens is 1. The molecule has 0 aromatic heterocycles. The molecule has 0 heterocycles. The molecular weight excluding hydrogens is 268 g/mol. The number of benzene rings is 1. The van der Waals surface area contributed by atoms with E-state index in [-0.39, 0.29) is 0 Å².